The number of aliphatic hydroxyl groups excluding tert-OH is 1. The topological polar surface area (TPSA) is 66.9 Å². The van der Waals surface area contributed by atoms with E-state index < -0.39 is 43.4 Å². The molecule has 10 heteroatoms. The van der Waals surface area contributed by atoms with Gasteiger partial charge in [0.15, 0.2) is 5.44 Å². The van der Waals surface area contributed by atoms with E-state index in [9.17, 15) is 35.5 Å². The first-order valence-electron chi connectivity index (χ1n) is 6.35. The zero-order valence-electron chi connectivity index (χ0n) is 12.0. The fourth-order valence-electron chi connectivity index (χ4n) is 2.48. The van der Waals surface area contributed by atoms with Crippen LogP contribution in [0.25, 0.3) is 0 Å². The number of benzene rings is 1. The van der Waals surface area contributed by atoms with Crippen molar-refractivity contribution in [3.8, 4) is 0 Å². The van der Waals surface area contributed by atoms with Crippen LogP contribution in [0.2, 0.25) is 0 Å². The minimum Gasteiger partial charge on any atom is -0.376 e. The Balaban J connectivity index is 2.51. The molecule has 0 aromatic heterocycles. The first-order valence-corrected chi connectivity index (χ1v) is 7.90. The highest BCUT2D eigenvalue weighted by atomic mass is 32.2. The molecule has 130 valence electrons. The van der Waals surface area contributed by atoms with Crippen molar-refractivity contribution in [3.05, 3.63) is 35.4 Å². The number of sulfone groups is 1. The van der Waals surface area contributed by atoms with Gasteiger partial charge < -0.3 is 9.84 Å². The molecule has 0 bridgehead atoms. The van der Waals surface area contributed by atoms with Gasteiger partial charge in [-0.25, -0.2) is 17.2 Å². The van der Waals surface area contributed by atoms with Gasteiger partial charge in [0, 0.05) is 17.0 Å². The predicted molar refractivity (Wildman–Crippen MR) is 68.8 cm³/mol. The van der Waals surface area contributed by atoms with Gasteiger partial charge in [-0.15, -0.1) is 0 Å². The van der Waals surface area contributed by atoms with Crippen LogP contribution in [0.5, 0.6) is 0 Å². The van der Waals surface area contributed by atoms with Crippen molar-refractivity contribution < 1.29 is 40.2 Å². The first-order chi connectivity index (χ1) is 10.3. The molecular formula is C13H13F5O4S. The van der Waals surface area contributed by atoms with Crippen LogP contribution in [0, 0.1) is 17.0 Å². The molecule has 1 aliphatic rings. The average molecular weight is 360 g/mol. The van der Waals surface area contributed by atoms with E-state index in [1.54, 1.807) is 0 Å². The summed E-state index contributed by atoms with van der Waals surface area (Å²) in [6.07, 6.45) is 0. The van der Waals surface area contributed by atoms with Crippen LogP contribution >= 0.6 is 0 Å². The molecule has 1 aliphatic heterocycles. The maximum Gasteiger partial charge on any atom is 0.499 e. The minimum atomic E-state index is -5.93. The summed E-state index contributed by atoms with van der Waals surface area (Å²) in [5, 5.41) is 9.84. The maximum absolute atomic E-state index is 13.9. The van der Waals surface area contributed by atoms with Gasteiger partial charge in [-0.2, -0.15) is 13.2 Å². The summed E-state index contributed by atoms with van der Waals surface area (Å²) in [4.78, 5) is 0. The van der Waals surface area contributed by atoms with Gasteiger partial charge in [0.2, 0.25) is 0 Å². The van der Waals surface area contributed by atoms with E-state index in [0.717, 1.165) is 26.0 Å². The van der Waals surface area contributed by atoms with E-state index in [-0.39, 0.29) is 12.2 Å². The van der Waals surface area contributed by atoms with Gasteiger partial charge in [0.1, 0.15) is 17.2 Å². The summed E-state index contributed by atoms with van der Waals surface area (Å²) < 4.78 is 92.8. The van der Waals surface area contributed by atoms with Crippen LogP contribution in [0.3, 0.4) is 0 Å². The molecule has 1 heterocycles. The summed E-state index contributed by atoms with van der Waals surface area (Å²) >= 11 is 0. The van der Waals surface area contributed by atoms with Crippen LogP contribution in [0.1, 0.15) is 19.4 Å². The van der Waals surface area contributed by atoms with E-state index in [4.69, 9.17) is 4.74 Å². The predicted octanol–water partition coefficient (Wildman–Crippen LogP) is 2.47. The number of alkyl halides is 3. The Morgan fingerprint density at radius 3 is 2.17 bits per heavy atom. The molecule has 0 spiro atoms. The van der Waals surface area contributed by atoms with Crippen LogP contribution in [-0.2, 0) is 20.2 Å². The lowest BCUT2D eigenvalue weighted by atomic mass is 9.75. The molecule has 4 nitrogen and oxygen atoms in total. The van der Waals surface area contributed by atoms with Crippen LogP contribution < -0.4 is 0 Å². The van der Waals surface area contributed by atoms with E-state index in [1.807, 2.05) is 0 Å². The Morgan fingerprint density at radius 1 is 1.26 bits per heavy atom. The van der Waals surface area contributed by atoms with Gasteiger partial charge in [-0.3, -0.25) is 0 Å². The van der Waals surface area contributed by atoms with Crippen molar-refractivity contribution >= 4 is 9.84 Å². The number of ether oxygens (including phenoxy) is 1. The molecule has 23 heavy (non-hydrogen) atoms. The third-order valence-corrected chi connectivity index (χ3v) is 5.90. The highest BCUT2D eigenvalue weighted by Crippen LogP contribution is 2.56. The van der Waals surface area contributed by atoms with Crippen LogP contribution in [0.4, 0.5) is 22.0 Å². The molecular weight excluding hydrogens is 347 g/mol. The smallest absolute Gasteiger partial charge is 0.376 e. The lowest BCUT2D eigenvalue weighted by Crippen LogP contribution is -2.49. The maximum atomic E-state index is 13.9. The lowest BCUT2D eigenvalue weighted by Gasteiger charge is -2.36. The fraction of sp³-hybridized carbons (Fsp3) is 0.538. The standard InChI is InChI=1S/C13H13F5O4S/c1-11(2,10(19)23(20,21)13(16,17)18)12(6-22-12)8-4-3-7(14)5-9(8)15/h3-5,10,19H,6H2,1-2H3. The zero-order valence-corrected chi connectivity index (χ0v) is 12.8. The Morgan fingerprint density at radius 2 is 1.78 bits per heavy atom. The Bertz CT molecular complexity index is 722. The van der Waals surface area contributed by atoms with Gasteiger partial charge in [0.05, 0.1) is 6.61 Å². The largest absolute Gasteiger partial charge is 0.499 e. The van der Waals surface area contributed by atoms with Crippen molar-refractivity contribution in [2.24, 2.45) is 5.41 Å². The second-order valence-corrected chi connectivity index (χ2v) is 7.80. The summed E-state index contributed by atoms with van der Waals surface area (Å²) in [5.74, 6) is -2.02. The molecule has 0 aliphatic carbocycles. The number of halogens is 5. The zero-order chi connectivity index (χ0) is 17.8. The summed E-state index contributed by atoms with van der Waals surface area (Å²) in [6, 6.07) is 2.31. The highest BCUT2D eigenvalue weighted by molar-refractivity contribution is 7.92. The molecule has 0 saturated carbocycles. The Hall–Kier alpha value is -1.26. The van der Waals surface area contributed by atoms with Crippen molar-refractivity contribution in [1.82, 2.24) is 0 Å². The van der Waals surface area contributed by atoms with Gasteiger partial charge in [-0.1, -0.05) is 19.9 Å². The molecule has 0 radical (unpaired) electrons. The Kier molecular flexibility index (Phi) is 4.02. The van der Waals surface area contributed by atoms with Gasteiger partial charge >= 0.3 is 5.51 Å². The molecule has 2 unspecified atom stereocenters. The average Bonchev–Trinajstić information content (AvgIpc) is 3.18. The minimum absolute atomic E-state index is 0.313. The monoisotopic (exact) mass is 360 g/mol. The molecule has 1 aromatic carbocycles. The van der Waals surface area contributed by atoms with Crippen molar-refractivity contribution in [3.63, 3.8) is 0 Å². The highest BCUT2D eigenvalue weighted by Gasteiger charge is 2.67. The second kappa shape index (κ2) is 5.12. The van der Waals surface area contributed by atoms with E-state index in [1.165, 1.54) is 0 Å². The molecule has 2 atom stereocenters. The first kappa shape index (κ1) is 18.1. The third kappa shape index (κ3) is 2.62. The van der Waals surface area contributed by atoms with Gasteiger partial charge in [-0.05, 0) is 6.07 Å². The number of hydrogen-bond donors (Lipinski definition) is 1. The van der Waals surface area contributed by atoms with Crippen molar-refractivity contribution in [2.45, 2.75) is 30.4 Å². The summed E-state index contributed by atoms with van der Waals surface area (Å²) in [5.41, 5.74) is -12.7. The molecule has 1 saturated heterocycles. The lowest BCUT2D eigenvalue weighted by molar-refractivity contribution is -0.0555. The van der Waals surface area contributed by atoms with E-state index >= 15 is 0 Å². The quantitative estimate of drug-likeness (QED) is 0.662. The Labute approximate surface area is 128 Å². The number of epoxide rings is 1. The van der Waals surface area contributed by atoms with Crippen LogP contribution in [-0.4, -0.2) is 31.1 Å². The van der Waals surface area contributed by atoms with Crippen LogP contribution in [0.15, 0.2) is 18.2 Å². The van der Waals surface area contributed by atoms with Gasteiger partial charge in [0.25, 0.3) is 9.84 Å². The van der Waals surface area contributed by atoms with Crippen molar-refractivity contribution in [2.75, 3.05) is 6.61 Å². The third-order valence-electron chi connectivity index (χ3n) is 4.07. The molecule has 2 rings (SSSR count). The van der Waals surface area contributed by atoms with E-state index in [0.29, 0.717) is 6.07 Å². The van der Waals surface area contributed by atoms with Crippen molar-refractivity contribution in [1.29, 1.82) is 0 Å². The van der Waals surface area contributed by atoms with E-state index in [2.05, 4.69) is 0 Å². The molecule has 1 aromatic rings. The second-order valence-electron chi connectivity index (χ2n) is 5.80. The number of aliphatic hydroxyl groups is 1. The molecule has 1 N–H and O–H groups in total. The fourth-order valence-corrected chi connectivity index (χ4v) is 3.70. The molecule has 1 fully saturated rings. The molecule has 0 amide bonds. The summed E-state index contributed by atoms with van der Waals surface area (Å²) in [7, 11) is -5.93. The SMILES string of the molecule is CC(C)(C(O)S(=O)(=O)C(F)(F)F)C1(c2ccc(F)cc2F)CO1. The normalized spacial score (nSPS) is 23.7. The number of hydrogen-bond acceptors (Lipinski definition) is 4. The summed E-state index contributed by atoms with van der Waals surface area (Å²) in [6.45, 7) is 1.71. The number of rotatable bonds is 4.